The van der Waals surface area contributed by atoms with Crippen LogP contribution < -0.4 is 5.73 Å². The van der Waals surface area contributed by atoms with Gasteiger partial charge in [0.25, 0.3) is 0 Å². The predicted octanol–water partition coefficient (Wildman–Crippen LogP) is 1.54. The zero-order valence-electron chi connectivity index (χ0n) is 11.1. The standard InChI is InChI=1S/C13H24N4/c1-10(2)17-6-4-5-11(7-14)13(17)12-8-15-9-16(12)3/h8-11,13H,4-7,14H2,1-3H3. The molecule has 96 valence electrons. The van der Waals surface area contributed by atoms with Gasteiger partial charge in [-0.05, 0) is 45.7 Å². The molecule has 0 aromatic carbocycles. The first-order valence-corrected chi connectivity index (χ1v) is 6.57. The third-order valence-corrected chi connectivity index (χ3v) is 3.92. The van der Waals surface area contributed by atoms with Crippen LogP contribution in [0.15, 0.2) is 12.5 Å². The second-order valence-electron chi connectivity index (χ2n) is 5.34. The number of piperidine rings is 1. The lowest BCUT2D eigenvalue weighted by Crippen LogP contribution is -2.45. The summed E-state index contributed by atoms with van der Waals surface area (Å²) in [5.41, 5.74) is 7.26. The van der Waals surface area contributed by atoms with Crippen LogP contribution in [0, 0.1) is 5.92 Å². The molecule has 2 atom stereocenters. The molecule has 0 saturated carbocycles. The lowest BCUT2D eigenvalue weighted by atomic mass is 9.86. The Bertz CT molecular complexity index is 358. The fourth-order valence-corrected chi connectivity index (χ4v) is 2.99. The van der Waals surface area contributed by atoms with E-state index in [-0.39, 0.29) is 0 Å². The number of likely N-dealkylation sites (tertiary alicyclic amines) is 1. The Kier molecular flexibility index (Phi) is 3.84. The summed E-state index contributed by atoms with van der Waals surface area (Å²) in [6.45, 7) is 6.47. The molecule has 0 amide bonds. The second-order valence-corrected chi connectivity index (χ2v) is 5.34. The molecular weight excluding hydrogens is 212 g/mol. The molecule has 2 N–H and O–H groups in total. The molecule has 2 rings (SSSR count). The average Bonchev–Trinajstić information content (AvgIpc) is 2.74. The SMILES string of the molecule is CC(C)N1CCCC(CN)C1c1cncn1C. The number of imidazole rings is 1. The topological polar surface area (TPSA) is 47.1 Å². The van der Waals surface area contributed by atoms with E-state index in [0.29, 0.717) is 18.0 Å². The van der Waals surface area contributed by atoms with Gasteiger partial charge >= 0.3 is 0 Å². The first kappa shape index (κ1) is 12.6. The van der Waals surface area contributed by atoms with Crippen molar-refractivity contribution in [1.29, 1.82) is 0 Å². The maximum absolute atomic E-state index is 5.96. The fraction of sp³-hybridized carbons (Fsp3) is 0.769. The summed E-state index contributed by atoms with van der Waals surface area (Å²) in [5, 5.41) is 0. The maximum Gasteiger partial charge on any atom is 0.0946 e. The van der Waals surface area contributed by atoms with Crippen molar-refractivity contribution in [3.8, 4) is 0 Å². The third kappa shape index (κ3) is 2.38. The summed E-state index contributed by atoms with van der Waals surface area (Å²) >= 11 is 0. The quantitative estimate of drug-likeness (QED) is 0.866. The first-order chi connectivity index (χ1) is 8.15. The molecule has 0 radical (unpaired) electrons. The van der Waals surface area contributed by atoms with Crippen LogP contribution in [-0.4, -0.2) is 33.6 Å². The monoisotopic (exact) mass is 236 g/mol. The van der Waals surface area contributed by atoms with Gasteiger partial charge in [0.05, 0.1) is 18.1 Å². The highest BCUT2D eigenvalue weighted by molar-refractivity contribution is 5.09. The Labute approximate surface area is 104 Å². The van der Waals surface area contributed by atoms with Crippen LogP contribution in [0.1, 0.15) is 38.4 Å². The van der Waals surface area contributed by atoms with Crippen molar-refractivity contribution < 1.29 is 0 Å². The van der Waals surface area contributed by atoms with Crippen molar-refractivity contribution in [3.63, 3.8) is 0 Å². The third-order valence-electron chi connectivity index (χ3n) is 3.92. The molecule has 1 saturated heterocycles. The van der Waals surface area contributed by atoms with Crippen LogP contribution in [0.25, 0.3) is 0 Å². The van der Waals surface area contributed by atoms with Crippen LogP contribution >= 0.6 is 0 Å². The fourth-order valence-electron chi connectivity index (χ4n) is 2.99. The van der Waals surface area contributed by atoms with Crippen LogP contribution in [0.4, 0.5) is 0 Å². The molecule has 4 heteroatoms. The molecule has 0 aliphatic carbocycles. The summed E-state index contributed by atoms with van der Waals surface area (Å²) in [7, 11) is 2.07. The lowest BCUT2D eigenvalue weighted by molar-refractivity contribution is 0.0620. The summed E-state index contributed by atoms with van der Waals surface area (Å²) in [6.07, 6.45) is 6.37. The van der Waals surface area contributed by atoms with Gasteiger partial charge in [-0.2, -0.15) is 0 Å². The molecule has 2 heterocycles. The minimum absolute atomic E-state index is 0.432. The Morgan fingerprint density at radius 2 is 2.29 bits per heavy atom. The Morgan fingerprint density at radius 1 is 1.53 bits per heavy atom. The van der Waals surface area contributed by atoms with Crippen molar-refractivity contribution in [2.45, 2.75) is 38.8 Å². The Hall–Kier alpha value is -0.870. The highest BCUT2D eigenvalue weighted by Crippen LogP contribution is 2.36. The summed E-state index contributed by atoms with van der Waals surface area (Å²) in [6, 6.07) is 0.991. The van der Waals surface area contributed by atoms with Gasteiger partial charge in [-0.25, -0.2) is 4.98 Å². The zero-order chi connectivity index (χ0) is 12.4. The Morgan fingerprint density at radius 3 is 2.82 bits per heavy atom. The van der Waals surface area contributed by atoms with Crippen molar-refractivity contribution in [1.82, 2.24) is 14.5 Å². The van der Waals surface area contributed by atoms with Gasteiger partial charge in [0.2, 0.25) is 0 Å². The molecule has 0 spiro atoms. The highest BCUT2D eigenvalue weighted by Gasteiger charge is 2.34. The highest BCUT2D eigenvalue weighted by atomic mass is 15.2. The van der Waals surface area contributed by atoms with E-state index in [0.717, 1.165) is 6.54 Å². The molecule has 0 bridgehead atoms. The molecule has 1 aliphatic rings. The Balaban J connectivity index is 2.32. The molecule has 1 aliphatic heterocycles. The summed E-state index contributed by atoms with van der Waals surface area (Å²) in [4.78, 5) is 6.82. The van der Waals surface area contributed by atoms with E-state index >= 15 is 0 Å². The number of nitrogens with zero attached hydrogens (tertiary/aromatic N) is 3. The molecule has 2 unspecified atom stereocenters. The molecule has 1 fully saturated rings. The molecule has 4 nitrogen and oxygen atoms in total. The van der Waals surface area contributed by atoms with Crippen LogP contribution in [0.5, 0.6) is 0 Å². The van der Waals surface area contributed by atoms with Crippen molar-refractivity contribution in [3.05, 3.63) is 18.2 Å². The van der Waals surface area contributed by atoms with E-state index in [4.69, 9.17) is 5.73 Å². The minimum atomic E-state index is 0.432. The summed E-state index contributed by atoms with van der Waals surface area (Å²) < 4.78 is 2.13. The van der Waals surface area contributed by atoms with Gasteiger partial charge in [0.1, 0.15) is 0 Å². The van der Waals surface area contributed by atoms with Crippen LogP contribution in [0.2, 0.25) is 0 Å². The number of nitrogens with two attached hydrogens (primary N) is 1. The number of hydrogen-bond acceptors (Lipinski definition) is 3. The molecular formula is C13H24N4. The van der Waals surface area contributed by atoms with Crippen LogP contribution in [-0.2, 0) is 7.05 Å². The number of aryl methyl sites for hydroxylation is 1. The van der Waals surface area contributed by atoms with Gasteiger partial charge in [-0.1, -0.05) is 0 Å². The second kappa shape index (κ2) is 5.19. The normalized spacial score (nSPS) is 26.6. The van der Waals surface area contributed by atoms with Crippen LogP contribution in [0.3, 0.4) is 0 Å². The van der Waals surface area contributed by atoms with Crippen molar-refractivity contribution in [2.24, 2.45) is 18.7 Å². The van der Waals surface area contributed by atoms with E-state index in [1.807, 2.05) is 12.5 Å². The van der Waals surface area contributed by atoms with E-state index in [1.165, 1.54) is 25.1 Å². The van der Waals surface area contributed by atoms with Gasteiger partial charge in [0, 0.05) is 19.3 Å². The predicted molar refractivity (Wildman–Crippen MR) is 69.6 cm³/mol. The molecule has 1 aromatic rings. The maximum atomic E-state index is 5.96. The van der Waals surface area contributed by atoms with E-state index < -0.39 is 0 Å². The summed E-state index contributed by atoms with van der Waals surface area (Å²) in [5.74, 6) is 0.557. The van der Waals surface area contributed by atoms with Gasteiger partial charge in [-0.3, -0.25) is 4.90 Å². The zero-order valence-corrected chi connectivity index (χ0v) is 11.1. The minimum Gasteiger partial charge on any atom is -0.336 e. The number of aromatic nitrogens is 2. The smallest absolute Gasteiger partial charge is 0.0946 e. The molecule has 17 heavy (non-hydrogen) atoms. The lowest BCUT2D eigenvalue weighted by Gasteiger charge is -2.43. The largest absolute Gasteiger partial charge is 0.336 e. The van der Waals surface area contributed by atoms with E-state index in [1.54, 1.807) is 0 Å². The van der Waals surface area contributed by atoms with Gasteiger partial charge in [-0.15, -0.1) is 0 Å². The van der Waals surface area contributed by atoms with Gasteiger partial charge in [0.15, 0.2) is 0 Å². The number of rotatable bonds is 3. The van der Waals surface area contributed by atoms with E-state index in [2.05, 4.69) is 35.3 Å². The van der Waals surface area contributed by atoms with Crippen molar-refractivity contribution in [2.75, 3.05) is 13.1 Å². The van der Waals surface area contributed by atoms with Crippen molar-refractivity contribution >= 4 is 0 Å². The van der Waals surface area contributed by atoms with E-state index in [9.17, 15) is 0 Å². The van der Waals surface area contributed by atoms with Gasteiger partial charge < -0.3 is 10.3 Å². The average molecular weight is 236 g/mol. The first-order valence-electron chi connectivity index (χ1n) is 6.57. The molecule has 1 aromatic heterocycles. The number of hydrogen-bond donors (Lipinski definition) is 1.